The van der Waals surface area contributed by atoms with Crippen molar-refractivity contribution in [3.05, 3.63) is 45.1 Å². The molecule has 1 aromatic heterocycles. The Bertz CT molecular complexity index is 1660. The number of thioether (sulfide) groups is 2. The summed E-state index contributed by atoms with van der Waals surface area (Å²) >= 11 is 9.47. The van der Waals surface area contributed by atoms with E-state index in [0.29, 0.717) is 11.3 Å². The third kappa shape index (κ3) is 7.27. The van der Waals surface area contributed by atoms with Crippen molar-refractivity contribution in [1.29, 1.82) is 0 Å². The van der Waals surface area contributed by atoms with Crippen LogP contribution in [0.15, 0.2) is 33.9 Å². The molecule has 16 nitrogen and oxygen atoms in total. The number of carboxylic acids is 2. The van der Waals surface area contributed by atoms with Crippen LogP contribution in [0.25, 0.3) is 0 Å². The van der Waals surface area contributed by atoms with Gasteiger partial charge in [0.15, 0.2) is 22.3 Å². The molecule has 0 bridgehead atoms. The van der Waals surface area contributed by atoms with Gasteiger partial charge in [-0.3, -0.25) is 19.3 Å². The van der Waals surface area contributed by atoms with Crippen LogP contribution in [-0.4, -0.2) is 107 Å². The number of phenols is 2. The predicted octanol–water partition coefficient (Wildman–Crippen LogP) is 1.28. The standard InChI is InChI=1S/C26H27ClN6O10S3/c1-26(2,24(41)42)43-32-15(12-9-46-25(28)30-12)20(37)31-16-21(38)33-17(23(39)40)10(8-45-22(16)33)7-44-6-5-29-19(36)11-3-4-13(34)18(35)14(11)27/h3-4,9,16,22,34-35H,5-8H2,1-2H3,(H2,28,30)(H,29,36)(H,31,37)(H,39,40)(H,41,42)/b32-15-/t16-,22-/m1/s1. The molecule has 8 N–H and O–H groups in total. The molecule has 0 aliphatic carbocycles. The number of carbonyl (C=O) groups excluding carboxylic acids is 3. The van der Waals surface area contributed by atoms with E-state index in [-0.39, 0.29) is 45.2 Å². The number of aromatic hydroxyl groups is 2. The number of anilines is 1. The number of nitrogens with one attached hydrogen (secondary N) is 2. The molecule has 1 fully saturated rings. The van der Waals surface area contributed by atoms with Gasteiger partial charge in [0, 0.05) is 29.2 Å². The maximum absolute atomic E-state index is 13.2. The Balaban J connectivity index is 1.38. The molecule has 4 rings (SSSR count). The lowest BCUT2D eigenvalue weighted by molar-refractivity contribution is -0.161. The molecule has 0 unspecified atom stereocenters. The van der Waals surface area contributed by atoms with Gasteiger partial charge in [-0.05, 0) is 31.6 Å². The number of amides is 3. The summed E-state index contributed by atoms with van der Waals surface area (Å²) in [5.41, 5.74) is 3.70. The largest absolute Gasteiger partial charge is 0.504 e. The van der Waals surface area contributed by atoms with Crippen molar-refractivity contribution in [1.82, 2.24) is 20.5 Å². The van der Waals surface area contributed by atoms with Crippen molar-refractivity contribution in [3.8, 4) is 11.5 Å². The zero-order chi connectivity index (χ0) is 33.9. The van der Waals surface area contributed by atoms with Crippen LogP contribution in [0, 0.1) is 0 Å². The first-order valence-corrected chi connectivity index (χ1v) is 16.6. The fourth-order valence-corrected chi connectivity index (χ4v) is 7.21. The summed E-state index contributed by atoms with van der Waals surface area (Å²) in [6, 6.07) is 1.28. The predicted molar refractivity (Wildman–Crippen MR) is 170 cm³/mol. The number of carbonyl (C=O) groups is 5. The quantitative estimate of drug-likeness (QED) is 0.0507. The van der Waals surface area contributed by atoms with Crippen molar-refractivity contribution >= 4 is 87.0 Å². The van der Waals surface area contributed by atoms with Gasteiger partial charge in [-0.25, -0.2) is 14.6 Å². The van der Waals surface area contributed by atoms with E-state index in [4.69, 9.17) is 22.2 Å². The Hall–Kier alpha value is -4.20. The lowest BCUT2D eigenvalue weighted by Crippen LogP contribution is -2.71. The van der Waals surface area contributed by atoms with Crippen molar-refractivity contribution in [3.63, 3.8) is 0 Å². The highest BCUT2D eigenvalue weighted by Crippen LogP contribution is 2.41. The second-order valence-electron chi connectivity index (χ2n) is 10.1. The van der Waals surface area contributed by atoms with Gasteiger partial charge in [0.05, 0.1) is 10.6 Å². The number of β-lactam (4-membered cyclic amide) rings is 1. The van der Waals surface area contributed by atoms with Gasteiger partial charge in [-0.15, -0.1) is 23.1 Å². The normalized spacial score (nSPS) is 18.0. The van der Waals surface area contributed by atoms with E-state index in [1.54, 1.807) is 0 Å². The highest BCUT2D eigenvalue weighted by molar-refractivity contribution is 8.01. The highest BCUT2D eigenvalue weighted by Gasteiger charge is 2.54. The van der Waals surface area contributed by atoms with Gasteiger partial charge in [-0.2, -0.15) is 11.8 Å². The molecule has 20 heteroatoms. The van der Waals surface area contributed by atoms with Gasteiger partial charge in [0.1, 0.15) is 22.8 Å². The number of rotatable bonds is 13. The maximum atomic E-state index is 13.2. The van der Waals surface area contributed by atoms with Crippen LogP contribution in [0.3, 0.4) is 0 Å². The zero-order valence-corrected chi connectivity index (χ0v) is 27.2. The Morgan fingerprint density at radius 1 is 1.26 bits per heavy atom. The van der Waals surface area contributed by atoms with Crippen LogP contribution < -0.4 is 16.4 Å². The van der Waals surface area contributed by atoms with Crippen molar-refractivity contribution in [2.75, 3.05) is 29.5 Å². The molecular weight excluding hydrogens is 688 g/mol. The van der Waals surface area contributed by atoms with Gasteiger partial charge in [0.25, 0.3) is 17.7 Å². The molecule has 46 heavy (non-hydrogen) atoms. The molecular formula is C26H27ClN6O10S3. The van der Waals surface area contributed by atoms with Crippen molar-refractivity contribution in [2.45, 2.75) is 30.9 Å². The first kappa shape index (κ1) is 34.7. The number of phenolic OH excluding ortho intramolecular Hbond substituents is 2. The molecule has 246 valence electrons. The van der Waals surface area contributed by atoms with E-state index in [1.165, 1.54) is 48.8 Å². The molecule has 3 heterocycles. The number of nitrogens with zero attached hydrogens (tertiary/aromatic N) is 3. The number of thiazole rings is 1. The summed E-state index contributed by atoms with van der Waals surface area (Å²) in [5.74, 6) is -5.05. The van der Waals surface area contributed by atoms with Crippen LogP contribution in [-0.2, 0) is 24.0 Å². The lowest BCUT2D eigenvalue weighted by Gasteiger charge is -2.49. The second-order valence-corrected chi connectivity index (χ2v) is 13.6. The summed E-state index contributed by atoms with van der Waals surface area (Å²) < 4.78 is 0. The average Bonchev–Trinajstić information content (AvgIpc) is 3.43. The number of hydrogen-bond donors (Lipinski definition) is 7. The number of carboxylic acid groups (broad SMARTS) is 2. The molecule has 2 aliphatic heterocycles. The minimum absolute atomic E-state index is 0.00736. The summed E-state index contributed by atoms with van der Waals surface area (Å²) in [7, 11) is 0. The number of benzene rings is 1. The number of halogens is 1. The number of nitrogens with two attached hydrogens (primary N) is 1. The number of aromatic nitrogens is 1. The molecule has 0 spiro atoms. The van der Waals surface area contributed by atoms with Crippen LogP contribution in [0.4, 0.5) is 5.13 Å². The van der Waals surface area contributed by atoms with Crippen LogP contribution >= 0.6 is 46.5 Å². The lowest BCUT2D eigenvalue weighted by atomic mass is 10.0. The SMILES string of the molecule is CC(C)(O/N=C(\C(=O)N[C@@H]1C(=O)N2C(C(=O)O)=C(CSCCNC(=O)c3ccc(O)c(O)c3Cl)CS[C@H]12)c1csc(N)n1)C(=O)O. The minimum Gasteiger partial charge on any atom is -0.504 e. The Morgan fingerprint density at radius 3 is 2.61 bits per heavy atom. The molecule has 1 aromatic carbocycles. The van der Waals surface area contributed by atoms with E-state index in [9.17, 15) is 44.4 Å². The third-order valence-corrected chi connectivity index (χ3v) is 9.99. The minimum atomic E-state index is -1.79. The van der Waals surface area contributed by atoms with Crippen molar-refractivity contribution < 1.29 is 49.2 Å². The Labute approximate surface area is 278 Å². The number of oxime groups is 1. The van der Waals surface area contributed by atoms with Gasteiger partial charge in [0.2, 0.25) is 5.60 Å². The fraction of sp³-hybridized carbons (Fsp3) is 0.346. The molecule has 2 atom stereocenters. The molecule has 2 aliphatic rings. The Kier molecular flexibility index (Phi) is 10.6. The number of hydrogen-bond acceptors (Lipinski definition) is 14. The molecule has 0 saturated carbocycles. The second kappa shape index (κ2) is 14.1. The molecule has 1 saturated heterocycles. The number of aliphatic carboxylic acids is 2. The topological polar surface area (TPSA) is 254 Å². The summed E-state index contributed by atoms with van der Waals surface area (Å²) in [5, 5.41) is 47.8. The first-order valence-electron chi connectivity index (χ1n) is 13.1. The Morgan fingerprint density at radius 2 is 1.98 bits per heavy atom. The van der Waals surface area contributed by atoms with Gasteiger partial charge in [-0.1, -0.05) is 16.8 Å². The van der Waals surface area contributed by atoms with E-state index >= 15 is 0 Å². The summed E-state index contributed by atoms with van der Waals surface area (Å²) in [6.07, 6.45) is 0. The van der Waals surface area contributed by atoms with Crippen LogP contribution in [0.2, 0.25) is 5.02 Å². The average molecular weight is 715 g/mol. The van der Waals surface area contributed by atoms with Crippen LogP contribution in [0.1, 0.15) is 29.9 Å². The first-order chi connectivity index (χ1) is 21.6. The van der Waals surface area contributed by atoms with Gasteiger partial charge >= 0.3 is 11.9 Å². The number of fused-ring (bicyclic) bond motifs is 1. The fourth-order valence-electron chi connectivity index (χ4n) is 4.06. The molecule has 3 amide bonds. The third-order valence-electron chi connectivity index (χ3n) is 6.54. The number of nitrogen functional groups attached to an aromatic ring is 1. The van der Waals surface area contributed by atoms with E-state index in [2.05, 4.69) is 20.8 Å². The maximum Gasteiger partial charge on any atom is 0.352 e. The molecule has 2 aromatic rings. The van der Waals surface area contributed by atoms with Gasteiger partial charge < -0.3 is 41.6 Å². The van der Waals surface area contributed by atoms with Crippen LogP contribution in [0.5, 0.6) is 11.5 Å². The van der Waals surface area contributed by atoms with E-state index < -0.39 is 63.9 Å². The van der Waals surface area contributed by atoms with E-state index in [0.717, 1.165) is 22.3 Å². The zero-order valence-electron chi connectivity index (χ0n) is 24.0. The monoisotopic (exact) mass is 714 g/mol. The summed E-state index contributed by atoms with van der Waals surface area (Å²) in [6.45, 7) is 2.62. The van der Waals surface area contributed by atoms with E-state index in [1.807, 2.05) is 0 Å². The summed E-state index contributed by atoms with van der Waals surface area (Å²) in [4.78, 5) is 72.6. The van der Waals surface area contributed by atoms with Crippen molar-refractivity contribution in [2.24, 2.45) is 5.16 Å². The molecule has 0 radical (unpaired) electrons. The highest BCUT2D eigenvalue weighted by atomic mass is 35.5. The smallest absolute Gasteiger partial charge is 0.352 e.